The lowest BCUT2D eigenvalue weighted by atomic mass is 9.93. The summed E-state index contributed by atoms with van der Waals surface area (Å²) in [6, 6.07) is 16.9. The maximum absolute atomic E-state index is 6.33. The molecule has 0 N–H and O–H groups in total. The maximum atomic E-state index is 6.33. The Hall–Kier alpha value is -2.46. The van der Waals surface area contributed by atoms with Crippen LogP contribution in [-0.2, 0) is 16.8 Å². The number of morpholine rings is 1. The molecule has 1 atom stereocenters. The molecule has 2 heterocycles. The Morgan fingerprint density at radius 1 is 1.00 bits per heavy atom. The minimum Gasteiger partial charge on any atom is -0.367 e. The third-order valence-corrected chi connectivity index (χ3v) is 5.31. The van der Waals surface area contributed by atoms with E-state index in [-0.39, 0.29) is 5.60 Å². The van der Waals surface area contributed by atoms with Gasteiger partial charge in [0.1, 0.15) is 17.7 Å². The van der Waals surface area contributed by atoms with Gasteiger partial charge in [-0.15, -0.1) is 0 Å². The first-order valence-electron chi connectivity index (χ1n) is 8.53. The average molecular weight is 317 g/mol. The average Bonchev–Trinajstić information content (AvgIpc) is 3.00. The summed E-state index contributed by atoms with van der Waals surface area (Å²) in [5, 5.41) is 1.11. The Labute approximate surface area is 141 Å². The molecule has 120 valence electrons. The molecule has 1 aliphatic carbocycles. The van der Waals surface area contributed by atoms with Gasteiger partial charge in [0, 0.05) is 11.9 Å². The summed E-state index contributed by atoms with van der Waals surface area (Å²) in [4.78, 5) is 11.4. The molecule has 0 radical (unpaired) electrons. The molecule has 0 amide bonds. The van der Waals surface area contributed by atoms with Crippen molar-refractivity contribution < 1.29 is 4.74 Å². The molecule has 1 unspecified atom stereocenters. The second kappa shape index (κ2) is 5.28. The number of para-hydroxylation sites is 1. The number of nitrogens with zero attached hydrogens (tertiary/aromatic N) is 3. The molecule has 0 saturated carbocycles. The van der Waals surface area contributed by atoms with E-state index >= 15 is 0 Å². The van der Waals surface area contributed by atoms with Gasteiger partial charge in [-0.1, -0.05) is 36.4 Å². The molecule has 1 aromatic heterocycles. The highest BCUT2D eigenvalue weighted by atomic mass is 16.5. The SMILES string of the molecule is c1ccc2c(c1)CCC21CN(c2ncnc3ccccc23)CCO1. The lowest BCUT2D eigenvalue weighted by Gasteiger charge is -2.42. The number of aromatic nitrogens is 2. The van der Waals surface area contributed by atoms with E-state index < -0.39 is 0 Å². The van der Waals surface area contributed by atoms with Crippen LogP contribution in [0.15, 0.2) is 54.9 Å². The van der Waals surface area contributed by atoms with E-state index in [1.807, 2.05) is 12.1 Å². The fourth-order valence-electron chi connectivity index (χ4n) is 4.18. The molecule has 1 spiro atoms. The van der Waals surface area contributed by atoms with E-state index in [1.165, 1.54) is 11.1 Å². The number of hydrogen-bond acceptors (Lipinski definition) is 4. The van der Waals surface area contributed by atoms with Gasteiger partial charge in [0.25, 0.3) is 0 Å². The molecule has 5 rings (SSSR count). The van der Waals surface area contributed by atoms with Gasteiger partial charge in [0.15, 0.2) is 0 Å². The normalized spacial score (nSPS) is 22.9. The fraction of sp³-hybridized carbons (Fsp3) is 0.300. The molecular formula is C20H19N3O. The van der Waals surface area contributed by atoms with Crippen molar-refractivity contribution in [2.45, 2.75) is 18.4 Å². The predicted octanol–water partition coefficient (Wildman–Crippen LogP) is 3.31. The number of rotatable bonds is 1. The Morgan fingerprint density at radius 2 is 1.88 bits per heavy atom. The first-order valence-corrected chi connectivity index (χ1v) is 8.53. The van der Waals surface area contributed by atoms with Crippen molar-refractivity contribution in [2.24, 2.45) is 0 Å². The number of ether oxygens (including phenoxy) is 1. The van der Waals surface area contributed by atoms with Crippen molar-refractivity contribution >= 4 is 16.7 Å². The molecule has 1 aliphatic heterocycles. The van der Waals surface area contributed by atoms with Gasteiger partial charge in [-0.25, -0.2) is 9.97 Å². The predicted molar refractivity (Wildman–Crippen MR) is 94.1 cm³/mol. The second-order valence-corrected chi connectivity index (χ2v) is 6.64. The molecule has 3 aromatic rings. The van der Waals surface area contributed by atoms with Crippen molar-refractivity contribution in [3.05, 3.63) is 66.0 Å². The number of fused-ring (bicyclic) bond motifs is 3. The molecular weight excluding hydrogens is 298 g/mol. The van der Waals surface area contributed by atoms with Crippen LogP contribution in [0.3, 0.4) is 0 Å². The van der Waals surface area contributed by atoms with Gasteiger partial charge in [-0.2, -0.15) is 0 Å². The monoisotopic (exact) mass is 317 g/mol. The molecule has 1 fully saturated rings. The lowest BCUT2D eigenvalue weighted by molar-refractivity contribution is -0.0593. The van der Waals surface area contributed by atoms with Gasteiger partial charge in [0.2, 0.25) is 0 Å². The molecule has 4 nitrogen and oxygen atoms in total. The van der Waals surface area contributed by atoms with E-state index in [2.05, 4.69) is 51.3 Å². The van der Waals surface area contributed by atoms with Crippen LogP contribution in [0.1, 0.15) is 17.5 Å². The fourth-order valence-corrected chi connectivity index (χ4v) is 4.18. The topological polar surface area (TPSA) is 38.2 Å². The van der Waals surface area contributed by atoms with Crippen LogP contribution in [0.2, 0.25) is 0 Å². The van der Waals surface area contributed by atoms with Crippen LogP contribution in [0.25, 0.3) is 10.9 Å². The first-order chi connectivity index (χ1) is 11.9. The van der Waals surface area contributed by atoms with E-state index in [0.717, 1.165) is 49.3 Å². The van der Waals surface area contributed by atoms with Crippen molar-refractivity contribution in [1.82, 2.24) is 9.97 Å². The number of anilines is 1. The quantitative estimate of drug-likeness (QED) is 0.690. The van der Waals surface area contributed by atoms with Gasteiger partial charge in [0.05, 0.1) is 18.7 Å². The van der Waals surface area contributed by atoms with Crippen LogP contribution in [0.5, 0.6) is 0 Å². The molecule has 1 saturated heterocycles. The van der Waals surface area contributed by atoms with E-state index in [9.17, 15) is 0 Å². The summed E-state index contributed by atoms with van der Waals surface area (Å²) in [6.07, 6.45) is 3.81. The van der Waals surface area contributed by atoms with Crippen LogP contribution >= 0.6 is 0 Å². The highest BCUT2D eigenvalue weighted by Gasteiger charge is 2.43. The van der Waals surface area contributed by atoms with Gasteiger partial charge in [-0.3, -0.25) is 0 Å². The Kier molecular flexibility index (Phi) is 3.06. The molecule has 24 heavy (non-hydrogen) atoms. The van der Waals surface area contributed by atoms with E-state index in [1.54, 1.807) is 6.33 Å². The largest absolute Gasteiger partial charge is 0.367 e. The Balaban J connectivity index is 1.57. The van der Waals surface area contributed by atoms with Gasteiger partial charge < -0.3 is 9.64 Å². The standard InChI is InChI=1S/C20H19N3O/c1-3-7-17-15(5-1)9-10-20(17)13-23(11-12-24-20)19-16-6-2-4-8-18(16)21-14-22-19/h1-8,14H,9-13H2. The first kappa shape index (κ1) is 13.9. The minimum absolute atomic E-state index is 0.194. The Morgan fingerprint density at radius 3 is 2.88 bits per heavy atom. The summed E-state index contributed by atoms with van der Waals surface area (Å²) in [6.45, 7) is 2.45. The summed E-state index contributed by atoms with van der Waals surface area (Å²) >= 11 is 0. The number of aryl methyl sites for hydroxylation is 1. The summed E-state index contributed by atoms with van der Waals surface area (Å²) < 4.78 is 6.33. The van der Waals surface area contributed by atoms with Crippen LogP contribution in [0.4, 0.5) is 5.82 Å². The van der Waals surface area contributed by atoms with Crippen molar-refractivity contribution in [3.63, 3.8) is 0 Å². The lowest BCUT2D eigenvalue weighted by Crippen LogP contribution is -2.49. The van der Waals surface area contributed by atoms with E-state index in [0.29, 0.717) is 0 Å². The molecule has 0 bridgehead atoms. The zero-order chi connectivity index (χ0) is 16.0. The van der Waals surface area contributed by atoms with Crippen molar-refractivity contribution in [1.29, 1.82) is 0 Å². The van der Waals surface area contributed by atoms with Gasteiger partial charge in [-0.05, 0) is 36.1 Å². The smallest absolute Gasteiger partial charge is 0.140 e. The van der Waals surface area contributed by atoms with Crippen molar-refractivity contribution in [3.8, 4) is 0 Å². The molecule has 4 heteroatoms. The third-order valence-electron chi connectivity index (χ3n) is 5.31. The summed E-state index contributed by atoms with van der Waals surface area (Å²) in [5.41, 5.74) is 3.58. The van der Waals surface area contributed by atoms with Crippen molar-refractivity contribution in [2.75, 3.05) is 24.6 Å². The molecule has 2 aliphatic rings. The van der Waals surface area contributed by atoms with E-state index in [4.69, 9.17) is 4.74 Å². The van der Waals surface area contributed by atoms with Crippen LogP contribution in [-0.4, -0.2) is 29.7 Å². The highest BCUT2D eigenvalue weighted by molar-refractivity contribution is 5.89. The second-order valence-electron chi connectivity index (χ2n) is 6.64. The van der Waals surface area contributed by atoms with Gasteiger partial charge >= 0.3 is 0 Å². The summed E-state index contributed by atoms with van der Waals surface area (Å²) in [7, 11) is 0. The third kappa shape index (κ3) is 2.03. The van der Waals surface area contributed by atoms with Crippen LogP contribution in [0, 0.1) is 0 Å². The zero-order valence-electron chi connectivity index (χ0n) is 13.5. The summed E-state index contributed by atoms with van der Waals surface area (Å²) in [5.74, 6) is 1.02. The van der Waals surface area contributed by atoms with Crippen LogP contribution < -0.4 is 4.90 Å². The molecule has 2 aromatic carbocycles. The number of hydrogen-bond donors (Lipinski definition) is 0. The zero-order valence-corrected chi connectivity index (χ0v) is 13.5. The minimum atomic E-state index is -0.194. The number of benzene rings is 2. The Bertz CT molecular complexity index is 901. The highest BCUT2D eigenvalue weighted by Crippen LogP contribution is 2.43. The maximum Gasteiger partial charge on any atom is 0.140 e.